The largest absolute Gasteiger partial charge is 0.494 e. The van der Waals surface area contributed by atoms with Crippen LogP contribution in [0.2, 0.25) is 0 Å². The molecule has 1 unspecified atom stereocenters. The third-order valence-electron chi connectivity index (χ3n) is 3.50. The molecule has 110 valence electrons. The van der Waals surface area contributed by atoms with Gasteiger partial charge in [-0.05, 0) is 49.1 Å². The van der Waals surface area contributed by atoms with Gasteiger partial charge >= 0.3 is 0 Å². The highest BCUT2D eigenvalue weighted by molar-refractivity contribution is 5.34. The summed E-state index contributed by atoms with van der Waals surface area (Å²) in [4.78, 5) is 0. The Bertz CT molecular complexity index is 651. The topological polar surface area (TPSA) is 56.8 Å². The maximum atomic E-state index is 9.29. The zero-order chi connectivity index (χ0) is 15.6. The van der Waals surface area contributed by atoms with E-state index in [1.165, 1.54) is 0 Å². The van der Waals surface area contributed by atoms with Crippen LogP contribution in [0.15, 0.2) is 54.6 Å². The van der Waals surface area contributed by atoms with E-state index in [0.29, 0.717) is 12.2 Å². The predicted molar refractivity (Wildman–Crippen MR) is 85.3 cm³/mol. The minimum absolute atomic E-state index is 0.121. The van der Waals surface area contributed by atoms with Crippen molar-refractivity contribution in [2.45, 2.75) is 25.2 Å². The SMILES string of the molecule is N#Cc1ccc(C(C#N)CCCCOc2ccccc2)cc1. The highest BCUT2D eigenvalue weighted by Crippen LogP contribution is 2.22. The van der Waals surface area contributed by atoms with Crippen LogP contribution in [0.4, 0.5) is 0 Å². The second kappa shape index (κ2) is 8.49. The first-order chi connectivity index (χ1) is 10.8. The van der Waals surface area contributed by atoms with E-state index >= 15 is 0 Å². The molecule has 22 heavy (non-hydrogen) atoms. The van der Waals surface area contributed by atoms with Crippen molar-refractivity contribution in [1.29, 1.82) is 10.5 Å². The highest BCUT2D eigenvalue weighted by atomic mass is 16.5. The Labute approximate surface area is 131 Å². The van der Waals surface area contributed by atoms with Crippen LogP contribution in [-0.4, -0.2) is 6.61 Å². The van der Waals surface area contributed by atoms with E-state index < -0.39 is 0 Å². The number of benzene rings is 2. The van der Waals surface area contributed by atoms with Gasteiger partial charge in [-0.25, -0.2) is 0 Å². The molecule has 0 saturated carbocycles. The van der Waals surface area contributed by atoms with E-state index in [0.717, 1.165) is 30.6 Å². The van der Waals surface area contributed by atoms with Crippen molar-refractivity contribution >= 4 is 0 Å². The molecule has 3 heteroatoms. The van der Waals surface area contributed by atoms with Crippen LogP contribution in [0.3, 0.4) is 0 Å². The lowest BCUT2D eigenvalue weighted by atomic mass is 9.94. The molecule has 0 fully saturated rings. The molecule has 0 saturated heterocycles. The maximum Gasteiger partial charge on any atom is 0.119 e. The summed E-state index contributed by atoms with van der Waals surface area (Å²) in [5.74, 6) is 0.760. The van der Waals surface area contributed by atoms with Crippen molar-refractivity contribution in [3.63, 3.8) is 0 Å². The third-order valence-corrected chi connectivity index (χ3v) is 3.50. The molecule has 2 rings (SSSR count). The van der Waals surface area contributed by atoms with Gasteiger partial charge in [-0.1, -0.05) is 30.3 Å². The second-order valence-electron chi connectivity index (χ2n) is 5.07. The Morgan fingerprint density at radius 3 is 2.27 bits per heavy atom. The number of nitriles is 2. The van der Waals surface area contributed by atoms with E-state index in [4.69, 9.17) is 10.00 Å². The van der Waals surface area contributed by atoms with Crippen LogP contribution in [0.25, 0.3) is 0 Å². The molecule has 0 amide bonds. The summed E-state index contributed by atoms with van der Waals surface area (Å²) in [5.41, 5.74) is 1.60. The molecule has 0 aliphatic heterocycles. The van der Waals surface area contributed by atoms with Crippen LogP contribution < -0.4 is 4.74 Å². The van der Waals surface area contributed by atoms with Gasteiger partial charge in [0.05, 0.1) is 30.2 Å². The van der Waals surface area contributed by atoms with Crippen molar-refractivity contribution in [2.24, 2.45) is 0 Å². The quantitative estimate of drug-likeness (QED) is 0.709. The van der Waals surface area contributed by atoms with E-state index in [2.05, 4.69) is 12.1 Å². The monoisotopic (exact) mass is 290 g/mol. The number of nitrogens with zero attached hydrogens (tertiary/aromatic N) is 2. The lowest BCUT2D eigenvalue weighted by molar-refractivity contribution is 0.304. The van der Waals surface area contributed by atoms with Gasteiger partial charge in [-0.15, -0.1) is 0 Å². The molecule has 0 aliphatic carbocycles. The molecule has 0 aromatic heterocycles. The molecule has 1 atom stereocenters. The van der Waals surface area contributed by atoms with E-state index in [-0.39, 0.29) is 5.92 Å². The average molecular weight is 290 g/mol. The number of para-hydroxylation sites is 1. The van der Waals surface area contributed by atoms with Crippen LogP contribution >= 0.6 is 0 Å². The van der Waals surface area contributed by atoms with Crippen LogP contribution in [0.1, 0.15) is 36.3 Å². The normalized spacial score (nSPS) is 11.2. The van der Waals surface area contributed by atoms with E-state index in [1.807, 2.05) is 42.5 Å². The summed E-state index contributed by atoms with van der Waals surface area (Å²) >= 11 is 0. The fourth-order valence-corrected chi connectivity index (χ4v) is 2.25. The lowest BCUT2D eigenvalue weighted by Gasteiger charge is -2.10. The van der Waals surface area contributed by atoms with E-state index in [1.54, 1.807) is 12.1 Å². The number of hydrogen-bond acceptors (Lipinski definition) is 3. The third kappa shape index (κ3) is 4.65. The molecule has 0 aliphatic rings. The Kier molecular flexibility index (Phi) is 6.03. The van der Waals surface area contributed by atoms with Crippen LogP contribution in [-0.2, 0) is 0 Å². The van der Waals surface area contributed by atoms with Crippen LogP contribution in [0, 0.1) is 22.7 Å². The summed E-state index contributed by atoms with van der Waals surface area (Å²) in [7, 11) is 0. The smallest absolute Gasteiger partial charge is 0.119 e. The fraction of sp³-hybridized carbons (Fsp3) is 0.263. The summed E-state index contributed by atoms with van der Waals surface area (Å²) in [6.45, 7) is 0.662. The van der Waals surface area contributed by atoms with Gasteiger partial charge in [0.25, 0.3) is 0 Å². The fourth-order valence-electron chi connectivity index (χ4n) is 2.25. The summed E-state index contributed by atoms with van der Waals surface area (Å²) in [6, 6.07) is 21.4. The standard InChI is InChI=1S/C19H18N2O/c20-14-16-9-11-17(12-10-16)18(15-21)6-4-5-13-22-19-7-2-1-3-8-19/h1-3,7-12,18H,4-6,13H2. The van der Waals surface area contributed by atoms with Gasteiger partial charge in [0.1, 0.15) is 5.75 Å². The first-order valence-electron chi connectivity index (χ1n) is 7.41. The van der Waals surface area contributed by atoms with Crippen molar-refractivity contribution in [1.82, 2.24) is 0 Å². The molecule has 0 bridgehead atoms. The van der Waals surface area contributed by atoms with Gasteiger partial charge < -0.3 is 4.74 Å². The van der Waals surface area contributed by atoms with Crippen molar-refractivity contribution < 1.29 is 4.74 Å². The van der Waals surface area contributed by atoms with Gasteiger partial charge in [0, 0.05) is 0 Å². The number of rotatable bonds is 7. The Morgan fingerprint density at radius 1 is 0.909 bits per heavy atom. The summed E-state index contributed by atoms with van der Waals surface area (Å²) in [5, 5.41) is 18.1. The zero-order valence-corrected chi connectivity index (χ0v) is 12.4. The first-order valence-corrected chi connectivity index (χ1v) is 7.41. The Hall–Kier alpha value is -2.78. The molecule has 2 aromatic rings. The summed E-state index contributed by atoms with van der Waals surface area (Å²) < 4.78 is 5.64. The predicted octanol–water partition coefficient (Wildman–Crippen LogP) is 4.41. The highest BCUT2D eigenvalue weighted by Gasteiger charge is 2.10. The van der Waals surface area contributed by atoms with Crippen molar-refractivity contribution in [3.8, 4) is 17.9 Å². The number of ether oxygens (including phenoxy) is 1. The van der Waals surface area contributed by atoms with Crippen LogP contribution in [0.5, 0.6) is 5.75 Å². The lowest BCUT2D eigenvalue weighted by Crippen LogP contribution is -2.00. The average Bonchev–Trinajstić information content (AvgIpc) is 2.59. The molecular weight excluding hydrogens is 272 g/mol. The van der Waals surface area contributed by atoms with Gasteiger partial charge in [-0.2, -0.15) is 10.5 Å². The first kappa shape index (κ1) is 15.6. The zero-order valence-electron chi connectivity index (χ0n) is 12.4. The number of unbranched alkanes of at least 4 members (excludes halogenated alkanes) is 1. The Morgan fingerprint density at radius 2 is 1.64 bits per heavy atom. The van der Waals surface area contributed by atoms with Crippen molar-refractivity contribution in [3.05, 3.63) is 65.7 Å². The maximum absolute atomic E-state index is 9.29. The van der Waals surface area contributed by atoms with Crippen molar-refractivity contribution in [2.75, 3.05) is 6.61 Å². The van der Waals surface area contributed by atoms with Gasteiger partial charge in [-0.3, -0.25) is 0 Å². The molecule has 2 aromatic carbocycles. The number of hydrogen-bond donors (Lipinski definition) is 0. The Balaban J connectivity index is 1.74. The molecule has 3 nitrogen and oxygen atoms in total. The van der Waals surface area contributed by atoms with Gasteiger partial charge in [0.15, 0.2) is 0 Å². The molecular formula is C19H18N2O. The molecule has 0 radical (unpaired) electrons. The molecule has 0 spiro atoms. The minimum atomic E-state index is -0.121. The van der Waals surface area contributed by atoms with Gasteiger partial charge in [0.2, 0.25) is 0 Å². The molecule has 0 heterocycles. The molecule has 0 N–H and O–H groups in total. The summed E-state index contributed by atoms with van der Waals surface area (Å²) in [6.07, 6.45) is 2.66. The minimum Gasteiger partial charge on any atom is -0.494 e. The van der Waals surface area contributed by atoms with E-state index in [9.17, 15) is 5.26 Å². The second-order valence-corrected chi connectivity index (χ2v) is 5.07.